The third-order valence-electron chi connectivity index (χ3n) is 5.89. The number of hydrogen-bond donors (Lipinski definition) is 1. The SMILES string of the molecule is Cn1c(=O)[nH]c(=O)c2ccc(F)cc21.Cn1c(=O)n(Cc2ccc([N+](=O)[O-])cc2)c(=O)c2ccc(F)cc21. The van der Waals surface area contributed by atoms with Crippen LogP contribution in [-0.2, 0) is 20.6 Å². The summed E-state index contributed by atoms with van der Waals surface area (Å²) in [6.45, 7) is -0.0309. The highest BCUT2D eigenvalue weighted by Crippen LogP contribution is 2.13. The second-order valence-corrected chi connectivity index (χ2v) is 8.30. The summed E-state index contributed by atoms with van der Waals surface area (Å²) < 4.78 is 29.6. The highest BCUT2D eigenvalue weighted by atomic mass is 19.1. The number of nitrogens with zero attached hydrogens (tertiary/aromatic N) is 4. The van der Waals surface area contributed by atoms with Crippen LogP contribution in [0.15, 0.2) is 79.8 Å². The number of non-ortho nitro benzene ring substituents is 1. The Morgan fingerprint density at radius 1 is 0.816 bits per heavy atom. The van der Waals surface area contributed by atoms with Crippen molar-refractivity contribution in [3.8, 4) is 0 Å². The summed E-state index contributed by atoms with van der Waals surface area (Å²) >= 11 is 0. The number of hydrogen-bond acceptors (Lipinski definition) is 6. The molecule has 0 bridgehead atoms. The summed E-state index contributed by atoms with van der Waals surface area (Å²) in [4.78, 5) is 59.6. The molecule has 0 atom stereocenters. The molecule has 38 heavy (non-hydrogen) atoms. The van der Waals surface area contributed by atoms with Crippen molar-refractivity contribution >= 4 is 27.5 Å². The predicted octanol–water partition coefficient (Wildman–Crippen LogP) is 2.16. The molecular weight excluding hydrogens is 504 g/mol. The van der Waals surface area contributed by atoms with E-state index in [1.807, 2.05) is 0 Å². The molecule has 194 valence electrons. The fraction of sp³-hybridized carbons (Fsp3) is 0.120. The molecule has 0 aliphatic rings. The number of rotatable bonds is 3. The summed E-state index contributed by atoms with van der Waals surface area (Å²) in [5.74, 6) is -1.01. The number of H-pyrrole nitrogens is 1. The van der Waals surface area contributed by atoms with Crippen LogP contribution in [0.1, 0.15) is 5.56 Å². The molecule has 0 fully saturated rings. The van der Waals surface area contributed by atoms with Crippen molar-refractivity contribution in [2.24, 2.45) is 14.1 Å². The van der Waals surface area contributed by atoms with Gasteiger partial charge in [-0.05, 0) is 42.0 Å². The summed E-state index contributed by atoms with van der Waals surface area (Å²) in [5.41, 5.74) is -1.17. The number of halogens is 2. The van der Waals surface area contributed by atoms with Crippen LogP contribution in [0.4, 0.5) is 14.5 Å². The highest BCUT2D eigenvalue weighted by molar-refractivity contribution is 5.78. The van der Waals surface area contributed by atoms with Crippen molar-refractivity contribution in [3.63, 3.8) is 0 Å². The Kier molecular flexibility index (Phi) is 6.84. The zero-order valence-corrected chi connectivity index (χ0v) is 20.0. The fourth-order valence-electron chi connectivity index (χ4n) is 3.86. The maximum atomic E-state index is 13.4. The lowest BCUT2D eigenvalue weighted by molar-refractivity contribution is -0.384. The normalized spacial score (nSPS) is 10.8. The van der Waals surface area contributed by atoms with Gasteiger partial charge in [-0.3, -0.25) is 38.4 Å². The molecule has 3 aromatic carbocycles. The van der Waals surface area contributed by atoms with E-state index in [-0.39, 0.29) is 23.1 Å². The number of aromatic nitrogens is 4. The molecule has 0 amide bonds. The molecule has 0 saturated carbocycles. The number of fused-ring (bicyclic) bond motifs is 2. The van der Waals surface area contributed by atoms with Crippen LogP contribution in [0.3, 0.4) is 0 Å². The molecule has 0 radical (unpaired) electrons. The molecule has 0 unspecified atom stereocenters. The van der Waals surface area contributed by atoms with Crippen molar-refractivity contribution in [2.45, 2.75) is 6.54 Å². The average molecular weight is 523 g/mol. The van der Waals surface area contributed by atoms with Crippen LogP contribution >= 0.6 is 0 Å². The molecule has 2 heterocycles. The van der Waals surface area contributed by atoms with E-state index >= 15 is 0 Å². The second kappa shape index (κ2) is 10.0. The van der Waals surface area contributed by atoms with Gasteiger partial charge in [0.25, 0.3) is 16.8 Å². The lowest BCUT2D eigenvalue weighted by atomic mass is 10.2. The van der Waals surface area contributed by atoms with Gasteiger partial charge in [0.1, 0.15) is 11.6 Å². The largest absolute Gasteiger partial charge is 0.331 e. The van der Waals surface area contributed by atoms with Crippen molar-refractivity contribution in [3.05, 3.63) is 130 Å². The Morgan fingerprint density at radius 2 is 1.37 bits per heavy atom. The quantitative estimate of drug-likeness (QED) is 0.284. The van der Waals surface area contributed by atoms with Gasteiger partial charge in [-0.1, -0.05) is 12.1 Å². The number of nitro benzene ring substituents is 1. The van der Waals surface area contributed by atoms with E-state index in [4.69, 9.17) is 0 Å². The van der Waals surface area contributed by atoms with Crippen molar-refractivity contribution in [2.75, 3.05) is 0 Å². The van der Waals surface area contributed by atoms with Crippen molar-refractivity contribution in [1.29, 1.82) is 0 Å². The summed E-state index contributed by atoms with van der Waals surface area (Å²) in [6.07, 6.45) is 0. The van der Waals surface area contributed by atoms with Crippen LogP contribution in [0, 0.1) is 21.7 Å². The predicted molar refractivity (Wildman–Crippen MR) is 135 cm³/mol. The minimum absolute atomic E-state index is 0.0309. The Hall–Kier alpha value is -5.20. The maximum absolute atomic E-state index is 13.4. The number of benzene rings is 3. The fourth-order valence-corrected chi connectivity index (χ4v) is 3.86. The van der Waals surface area contributed by atoms with Gasteiger partial charge in [-0.25, -0.2) is 18.4 Å². The Balaban J connectivity index is 0.000000204. The summed E-state index contributed by atoms with van der Waals surface area (Å²) in [5, 5.41) is 11.2. The molecule has 0 spiro atoms. The van der Waals surface area contributed by atoms with Gasteiger partial charge in [0, 0.05) is 26.2 Å². The molecule has 5 aromatic rings. The van der Waals surface area contributed by atoms with E-state index in [0.29, 0.717) is 16.5 Å². The minimum Gasteiger partial charge on any atom is -0.296 e. The molecule has 1 N–H and O–H groups in total. The molecule has 5 rings (SSSR count). The summed E-state index contributed by atoms with van der Waals surface area (Å²) in [7, 11) is 2.93. The zero-order valence-electron chi connectivity index (χ0n) is 20.0. The van der Waals surface area contributed by atoms with Gasteiger partial charge < -0.3 is 0 Å². The Labute approximate surface area is 210 Å². The number of nitro groups is 1. The molecule has 11 nitrogen and oxygen atoms in total. The first-order valence-corrected chi connectivity index (χ1v) is 11.0. The molecule has 13 heteroatoms. The number of aryl methyl sites for hydroxylation is 2. The van der Waals surface area contributed by atoms with Gasteiger partial charge in [0.05, 0.1) is 33.3 Å². The molecular formula is C25H19F2N5O6. The van der Waals surface area contributed by atoms with E-state index in [0.717, 1.165) is 22.8 Å². The molecule has 0 saturated heterocycles. The monoisotopic (exact) mass is 523 g/mol. The lowest BCUT2D eigenvalue weighted by Gasteiger charge is -2.10. The van der Waals surface area contributed by atoms with Crippen LogP contribution in [0.25, 0.3) is 21.8 Å². The lowest BCUT2D eigenvalue weighted by Crippen LogP contribution is -2.39. The Morgan fingerprint density at radius 3 is 1.95 bits per heavy atom. The second-order valence-electron chi connectivity index (χ2n) is 8.30. The smallest absolute Gasteiger partial charge is 0.296 e. The first-order chi connectivity index (χ1) is 18.0. The van der Waals surface area contributed by atoms with E-state index in [9.17, 15) is 38.1 Å². The third-order valence-corrected chi connectivity index (χ3v) is 5.89. The van der Waals surface area contributed by atoms with Gasteiger partial charge in [0.2, 0.25) is 0 Å². The molecule has 0 aliphatic heterocycles. The van der Waals surface area contributed by atoms with Crippen molar-refractivity contribution < 1.29 is 13.7 Å². The van der Waals surface area contributed by atoms with Gasteiger partial charge >= 0.3 is 11.4 Å². The third kappa shape index (κ3) is 4.89. The highest BCUT2D eigenvalue weighted by Gasteiger charge is 2.13. The van der Waals surface area contributed by atoms with E-state index in [2.05, 4.69) is 4.98 Å². The maximum Gasteiger partial charge on any atom is 0.331 e. The topological polar surface area (TPSA) is 142 Å². The van der Waals surface area contributed by atoms with Gasteiger partial charge in [-0.2, -0.15) is 0 Å². The molecule has 0 aliphatic carbocycles. The van der Waals surface area contributed by atoms with Crippen LogP contribution in [0.2, 0.25) is 0 Å². The van der Waals surface area contributed by atoms with Crippen LogP contribution < -0.4 is 22.5 Å². The Bertz CT molecular complexity index is 1960. The van der Waals surface area contributed by atoms with Crippen molar-refractivity contribution in [1.82, 2.24) is 18.7 Å². The van der Waals surface area contributed by atoms with Gasteiger partial charge in [-0.15, -0.1) is 0 Å². The number of aromatic amines is 1. The van der Waals surface area contributed by atoms with E-state index < -0.39 is 39.1 Å². The standard InChI is InChI=1S/C16H12FN3O4.C9H7FN2O2/c1-18-14-8-11(17)4-7-13(14)15(21)19(16(18)22)9-10-2-5-12(6-3-10)20(23)24;1-12-7-4-5(10)2-3-6(7)8(13)11-9(12)14/h2-8H,9H2,1H3;2-4H,1H3,(H,11,13,14). The average Bonchev–Trinajstić information content (AvgIpc) is 2.89. The first-order valence-electron chi connectivity index (χ1n) is 11.0. The van der Waals surface area contributed by atoms with E-state index in [1.54, 1.807) is 0 Å². The number of nitrogens with one attached hydrogen (secondary N) is 1. The molecule has 2 aromatic heterocycles. The van der Waals surface area contributed by atoms with Gasteiger partial charge in [0.15, 0.2) is 0 Å². The zero-order chi connectivity index (χ0) is 27.7. The van der Waals surface area contributed by atoms with Crippen LogP contribution in [0.5, 0.6) is 0 Å². The van der Waals surface area contributed by atoms with Crippen LogP contribution in [-0.4, -0.2) is 23.6 Å². The van der Waals surface area contributed by atoms with E-state index in [1.165, 1.54) is 65.7 Å². The minimum atomic E-state index is -0.587. The summed E-state index contributed by atoms with van der Waals surface area (Å²) in [6, 6.07) is 12.9. The first kappa shape index (κ1) is 25.9.